The molecule has 0 saturated carbocycles. The van der Waals surface area contributed by atoms with Gasteiger partial charge in [0.25, 0.3) is 0 Å². The van der Waals surface area contributed by atoms with Crippen molar-refractivity contribution in [1.82, 2.24) is 0 Å². The predicted molar refractivity (Wildman–Crippen MR) is 94.1 cm³/mol. The molecule has 0 N–H and O–H groups in total. The lowest BCUT2D eigenvalue weighted by Crippen LogP contribution is -2.00. The van der Waals surface area contributed by atoms with Crippen LogP contribution in [0, 0.1) is 9.39 Å². The van der Waals surface area contributed by atoms with Gasteiger partial charge in [0, 0.05) is 8.04 Å². The Balaban J connectivity index is 2.50. The van der Waals surface area contributed by atoms with Crippen LogP contribution in [0.25, 0.3) is 0 Å². The summed E-state index contributed by atoms with van der Waals surface area (Å²) in [6.07, 6.45) is 0. The van der Waals surface area contributed by atoms with Crippen LogP contribution in [0.15, 0.2) is 34.8 Å². The molecule has 0 aliphatic rings. The van der Waals surface area contributed by atoms with Gasteiger partial charge in [-0.1, -0.05) is 22.0 Å². The Morgan fingerprint density at radius 2 is 1.71 bits per heavy atom. The standard InChI is InChI=1S/C15H12BrClFIO2/c1-20-13-6-10(11(16)7-14(13)21-2)15(17)9-4-3-8(18)5-12(9)19/h3-7,15H,1-2H3. The Labute approximate surface area is 149 Å². The first kappa shape index (κ1) is 16.8. The third-order valence-electron chi connectivity index (χ3n) is 3.01. The average molecular weight is 486 g/mol. The number of ether oxygens (including phenoxy) is 2. The molecule has 0 radical (unpaired) electrons. The van der Waals surface area contributed by atoms with Crippen molar-refractivity contribution in [2.75, 3.05) is 14.2 Å². The maximum Gasteiger partial charge on any atom is 0.161 e. The van der Waals surface area contributed by atoms with E-state index in [1.165, 1.54) is 12.1 Å². The Morgan fingerprint density at radius 3 is 2.29 bits per heavy atom. The van der Waals surface area contributed by atoms with Gasteiger partial charge in [0.05, 0.1) is 19.6 Å². The van der Waals surface area contributed by atoms with Crippen molar-refractivity contribution in [2.24, 2.45) is 0 Å². The minimum Gasteiger partial charge on any atom is -0.493 e. The van der Waals surface area contributed by atoms with Gasteiger partial charge < -0.3 is 9.47 Å². The summed E-state index contributed by atoms with van der Waals surface area (Å²) in [5, 5.41) is -0.424. The molecule has 0 amide bonds. The number of hydrogen-bond acceptors (Lipinski definition) is 2. The summed E-state index contributed by atoms with van der Waals surface area (Å²) in [5.41, 5.74) is 1.67. The van der Waals surface area contributed by atoms with E-state index in [2.05, 4.69) is 38.5 Å². The summed E-state index contributed by atoms with van der Waals surface area (Å²) >= 11 is 12.1. The monoisotopic (exact) mass is 484 g/mol. The number of hydrogen-bond donors (Lipinski definition) is 0. The molecule has 6 heteroatoms. The van der Waals surface area contributed by atoms with Crippen molar-refractivity contribution in [3.05, 3.63) is 55.3 Å². The maximum absolute atomic E-state index is 13.2. The van der Waals surface area contributed by atoms with Crippen molar-refractivity contribution >= 4 is 50.1 Å². The van der Waals surface area contributed by atoms with E-state index in [9.17, 15) is 4.39 Å². The molecule has 0 aliphatic carbocycles. The third kappa shape index (κ3) is 3.63. The molecule has 2 rings (SSSR count). The topological polar surface area (TPSA) is 18.5 Å². The molecule has 0 aliphatic heterocycles. The molecule has 2 aromatic rings. The zero-order valence-electron chi connectivity index (χ0n) is 11.3. The summed E-state index contributed by atoms with van der Waals surface area (Å²) in [6.45, 7) is 0. The second kappa shape index (κ2) is 7.15. The lowest BCUT2D eigenvalue weighted by atomic mass is 10.0. The van der Waals surface area contributed by atoms with E-state index < -0.39 is 5.38 Å². The van der Waals surface area contributed by atoms with Crippen LogP contribution in [0.2, 0.25) is 0 Å². The Morgan fingerprint density at radius 1 is 1.10 bits per heavy atom. The molecule has 0 bridgehead atoms. The molecule has 0 heterocycles. The quantitative estimate of drug-likeness (QED) is 0.418. The number of methoxy groups -OCH3 is 2. The molecular formula is C15H12BrClFIO2. The van der Waals surface area contributed by atoms with Crippen LogP contribution in [0.1, 0.15) is 16.5 Å². The Bertz CT molecular complexity index is 666. The van der Waals surface area contributed by atoms with Gasteiger partial charge in [-0.25, -0.2) is 4.39 Å². The second-order valence-corrected chi connectivity index (χ2v) is 6.71. The van der Waals surface area contributed by atoms with Crippen molar-refractivity contribution in [3.8, 4) is 11.5 Å². The van der Waals surface area contributed by atoms with Crippen molar-refractivity contribution < 1.29 is 13.9 Å². The van der Waals surface area contributed by atoms with E-state index in [-0.39, 0.29) is 5.82 Å². The number of benzene rings is 2. The molecule has 0 saturated heterocycles. The van der Waals surface area contributed by atoms with Gasteiger partial charge in [-0.3, -0.25) is 0 Å². The smallest absolute Gasteiger partial charge is 0.161 e. The van der Waals surface area contributed by atoms with E-state index in [1.54, 1.807) is 26.4 Å². The first-order chi connectivity index (χ1) is 9.97. The number of halogens is 4. The van der Waals surface area contributed by atoms with Gasteiger partial charge in [-0.05, 0) is 58.0 Å². The van der Waals surface area contributed by atoms with Gasteiger partial charge in [0.15, 0.2) is 11.5 Å². The molecule has 21 heavy (non-hydrogen) atoms. The van der Waals surface area contributed by atoms with Crippen LogP contribution in [0.5, 0.6) is 11.5 Å². The Hall–Kier alpha value is -0.530. The molecule has 0 spiro atoms. The van der Waals surface area contributed by atoms with E-state index in [1.807, 2.05) is 6.07 Å². The molecule has 112 valence electrons. The summed E-state index contributed by atoms with van der Waals surface area (Å²) < 4.78 is 25.3. The van der Waals surface area contributed by atoms with Crippen LogP contribution in [0.3, 0.4) is 0 Å². The molecule has 0 fully saturated rings. The third-order valence-corrected chi connectivity index (χ3v) is 5.10. The molecule has 2 nitrogen and oxygen atoms in total. The highest BCUT2D eigenvalue weighted by atomic mass is 127. The van der Waals surface area contributed by atoms with E-state index >= 15 is 0 Å². The van der Waals surface area contributed by atoms with E-state index in [4.69, 9.17) is 21.1 Å². The van der Waals surface area contributed by atoms with Crippen LogP contribution >= 0.6 is 50.1 Å². The average Bonchev–Trinajstić information content (AvgIpc) is 2.46. The molecule has 1 atom stereocenters. The molecule has 2 aromatic carbocycles. The Kier molecular flexibility index (Phi) is 5.73. The van der Waals surface area contributed by atoms with Gasteiger partial charge in [0.2, 0.25) is 0 Å². The van der Waals surface area contributed by atoms with Crippen molar-refractivity contribution in [3.63, 3.8) is 0 Å². The maximum atomic E-state index is 13.2. The lowest BCUT2D eigenvalue weighted by Gasteiger charge is -2.17. The van der Waals surface area contributed by atoms with Gasteiger partial charge in [-0.2, -0.15) is 0 Å². The van der Waals surface area contributed by atoms with Crippen LogP contribution in [-0.2, 0) is 0 Å². The van der Waals surface area contributed by atoms with E-state index in [0.717, 1.165) is 19.2 Å². The summed E-state index contributed by atoms with van der Waals surface area (Å²) in [6, 6.07) is 8.18. The minimum absolute atomic E-state index is 0.279. The van der Waals surface area contributed by atoms with Gasteiger partial charge >= 0.3 is 0 Å². The lowest BCUT2D eigenvalue weighted by molar-refractivity contribution is 0.354. The summed E-state index contributed by atoms with van der Waals surface area (Å²) in [5.74, 6) is 0.933. The van der Waals surface area contributed by atoms with Gasteiger partial charge in [0.1, 0.15) is 5.82 Å². The normalized spacial score (nSPS) is 12.1. The zero-order valence-corrected chi connectivity index (χ0v) is 15.8. The fourth-order valence-corrected chi connectivity index (χ4v) is 3.97. The largest absolute Gasteiger partial charge is 0.493 e. The predicted octanol–water partition coefficient (Wildman–Crippen LogP) is 5.54. The van der Waals surface area contributed by atoms with Crippen molar-refractivity contribution in [1.29, 1.82) is 0 Å². The number of alkyl halides is 1. The molecular weight excluding hydrogens is 473 g/mol. The van der Waals surface area contributed by atoms with Crippen LogP contribution in [-0.4, -0.2) is 14.2 Å². The first-order valence-corrected chi connectivity index (χ1v) is 8.29. The SMILES string of the molecule is COc1cc(Br)c(C(Cl)c2ccc(F)cc2I)cc1OC. The van der Waals surface area contributed by atoms with Crippen LogP contribution < -0.4 is 9.47 Å². The number of rotatable bonds is 4. The molecule has 1 unspecified atom stereocenters. The minimum atomic E-state index is -0.424. The van der Waals surface area contributed by atoms with E-state index in [0.29, 0.717) is 11.5 Å². The van der Waals surface area contributed by atoms with Crippen LogP contribution in [0.4, 0.5) is 4.39 Å². The highest BCUT2D eigenvalue weighted by molar-refractivity contribution is 14.1. The first-order valence-electron chi connectivity index (χ1n) is 5.98. The zero-order chi connectivity index (χ0) is 15.6. The highest BCUT2D eigenvalue weighted by Crippen LogP contribution is 2.41. The van der Waals surface area contributed by atoms with Gasteiger partial charge in [-0.15, -0.1) is 11.6 Å². The molecule has 0 aromatic heterocycles. The highest BCUT2D eigenvalue weighted by Gasteiger charge is 2.20. The summed E-state index contributed by atoms with van der Waals surface area (Å²) in [7, 11) is 3.14. The second-order valence-electron chi connectivity index (χ2n) is 4.26. The fourth-order valence-electron chi connectivity index (χ4n) is 1.94. The fraction of sp³-hybridized carbons (Fsp3) is 0.200. The summed E-state index contributed by atoms with van der Waals surface area (Å²) in [4.78, 5) is 0. The van der Waals surface area contributed by atoms with Crippen molar-refractivity contribution in [2.45, 2.75) is 5.38 Å².